The van der Waals surface area contributed by atoms with Crippen LogP contribution in [-0.2, 0) is 0 Å². The zero-order chi connectivity index (χ0) is 13.1. The van der Waals surface area contributed by atoms with Gasteiger partial charge in [-0.3, -0.25) is 5.10 Å². The molecule has 1 aromatic heterocycles. The van der Waals surface area contributed by atoms with Crippen LogP contribution in [-0.4, -0.2) is 16.7 Å². The van der Waals surface area contributed by atoms with Crippen LogP contribution in [0.15, 0.2) is 24.3 Å². The lowest BCUT2D eigenvalue weighted by atomic mass is 10.1. The number of hydrogen-bond donors (Lipinski definition) is 2. The highest BCUT2D eigenvalue weighted by atomic mass is 19.1. The Hall–Kier alpha value is -1.91. The van der Waals surface area contributed by atoms with E-state index in [0.29, 0.717) is 23.0 Å². The van der Waals surface area contributed by atoms with Crippen LogP contribution in [0.25, 0.3) is 11.3 Å². The summed E-state index contributed by atoms with van der Waals surface area (Å²) < 4.78 is 26.2. The van der Waals surface area contributed by atoms with Crippen molar-refractivity contribution in [1.82, 2.24) is 10.2 Å². The molecule has 1 heterocycles. The Morgan fingerprint density at radius 1 is 1.17 bits per heavy atom. The average Bonchev–Trinajstić information content (AvgIpc) is 2.73. The van der Waals surface area contributed by atoms with E-state index < -0.39 is 11.6 Å². The number of H-pyrrole nitrogens is 1. The summed E-state index contributed by atoms with van der Waals surface area (Å²) >= 11 is 0. The summed E-state index contributed by atoms with van der Waals surface area (Å²) in [6, 6.07) is 5.11. The quantitative estimate of drug-likeness (QED) is 0.874. The zero-order valence-corrected chi connectivity index (χ0v) is 10.3. The molecular weight excluding hydrogens is 236 g/mol. The van der Waals surface area contributed by atoms with Gasteiger partial charge in [0, 0.05) is 24.2 Å². The number of benzene rings is 1. The molecule has 0 atom stereocenters. The van der Waals surface area contributed by atoms with Gasteiger partial charge < -0.3 is 5.32 Å². The first-order valence-electron chi connectivity index (χ1n) is 5.80. The molecule has 0 spiro atoms. The van der Waals surface area contributed by atoms with Crippen LogP contribution in [0.3, 0.4) is 0 Å². The smallest absolute Gasteiger partial charge is 0.148 e. The van der Waals surface area contributed by atoms with Gasteiger partial charge in [0.15, 0.2) is 0 Å². The fourth-order valence-corrected chi connectivity index (χ4v) is 1.58. The van der Waals surface area contributed by atoms with E-state index >= 15 is 0 Å². The fraction of sp³-hybridized carbons (Fsp3) is 0.308. The molecule has 0 fully saturated rings. The second-order valence-electron chi connectivity index (χ2n) is 4.60. The Morgan fingerprint density at radius 3 is 2.44 bits per heavy atom. The topological polar surface area (TPSA) is 40.7 Å². The van der Waals surface area contributed by atoms with Gasteiger partial charge in [-0.25, -0.2) is 8.78 Å². The fourth-order valence-electron chi connectivity index (χ4n) is 1.58. The Balaban J connectivity index is 2.18. The monoisotopic (exact) mass is 251 g/mol. The molecule has 2 rings (SSSR count). The molecule has 2 N–H and O–H groups in total. The standard InChI is InChI=1S/C13H15F2N3/c1-8(2)7-16-13-6-12(17-18-13)9-3-10(14)5-11(15)4-9/h3-6,8H,7H2,1-2H3,(H2,16,17,18). The summed E-state index contributed by atoms with van der Waals surface area (Å²) in [5.41, 5.74) is 1.03. The number of anilines is 1. The average molecular weight is 251 g/mol. The molecule has 1 aromatic carbocycles. The van der Waals surface area contributed by atoms with Crippen molar-refractivity contribution in [3.63, 3.8) is 0 Å². The second-order valence-corrected chi connectivity index (χ2v) is 4.60. The molecule has 0 aliphatic rings. The van der Waals surface area contributed by atoms with E-state index in [9.17, 15) is 8.78 Å². The van der Waals surface area contributed by atoms with Crippen LogP contribution in [0.5, 0.6) is 0 Å². The number of aromatic nitrogens is 2. The molecule has 0 saturated carbocycles. The number of nitrogens with one attached hydrogen (secondary N) is 2. The maximum absolute atomic E-state index is 13.1. The number of halogens is 2. The van der Waals surface area contributed by atoms with E-state index in [1.54, 1.807) is 6.07 Å². The minimum Gasteiger partial charge on any atom is -0.368 e. The first-order chi connectivity index (χ1) is 8.54. The van der Waals surface area contributed by atoms with Crippen LogP contribution >= 0.6 is 0 Å². The van der Waals surface area contributed by atoms with E-state index in [-0.39, 0.29) is 0 Å². The van der Waals surface area contributed by atoms with Crippen molar-refractivity contribution in [3.8, 4) is 11.3 Å². The van der Waals surface area contributed by atoms with Gasteiger partial charge in [-0.1, -0.05) is 13.8 Å². The molecule has 0 saturated heterocycles. The molecule has 2 aromatic rings. The van der Waals surface area contributed by atoms with Gasteiger partial charge in [0.1, 0.15) is 17.5 Å². The lowest BCUT2D eigenvalue weighted by Crippen LogP contribution is -2.07. The van der Waals surface area contributed by atoms with Crippen molar-refractivity contribution in [3.05, 3.63) is 35.9 Å². The summed E-state index contributed by atoms with van der Waals surface area (Å²) in [7, 11) is 0. The Bertz CT molecular complexity index is 515. The van der Waals surface area contributed by atoms with Crippen LogP contribution in [0.4, 0.5) is 14.6 Å². The summed E-state index contributed by atoms with van der Waals surface area (Å²) in [5, 5.41) is 9.93. The van der Waals surface area contributed by atoms with Crippen molar-refractivity contribution in [2.45, 2.75) is 13.8 Å². The number of aromatic amines is 1. The highest BCUT2D eigenvalue weighted by Crippen LogP contribution is 2.21. The zero-order valence-electron chi connectivity index (χ0n) is 10.3. The van der Waals surface area contributed by atoms with E-state index in [4.69, 9.17) is 0 Å². The largest absolute Gasteiger partial charge is 0.368 e. The molecule has 0 amide bonds. The SMILES string of the molecule is CC(C)CNc1cc(-c2cc(F)cc(F)c2)[nH]n1. The molecule has 5 heteroatoms. The molecule has 96 valence electrons. The van der Waals surface area contributed by atoms with Gasteiger partial charge in [-0.2, -0.15) is 5.10 Å². The van der Waals surface area contributed by atoms with Crippen molar-refractivity contribution in [1.29, 1.82) is 0 Å². The van der Waals surface area contributed by atoms with Gasteiger partial charge in [0.2, 0.25) is 0 Å². The summed E-state index contributed by atoms with van der Waals surface area (Å²) in [5.74, 6) is -0.0345. The Labute approximate surface area is 104 Å². The number of nitrogens with zero attached hydrogens (tertiary/aromatic N) is 1. The molecule has 0 radical (unpaired) electrons. The molecule has 0 aliphatic heterocycles. The van der Waals surface area contributed by atoms with Crippen LogP contribution < -0.4 is 5.32 Å². The minimum atomic E-state index is -0.601. The van der Waals surface area contributed by atoms with Crippen molar-refractivity contribution in [2.75, 3.05) is 11.9 Å². The molecule has 3 nitrogen and oxygen atoms in total. The van der Waals surface area contributed by atoms with E-state index in [1.807, 2.05) is 0 Å². The first-order valence-corrected chi connectivity index (χ1v) is 5.80. The highest BCUT2D eigenvalue weighted by molar-refractivity contribution is 5.62. The normalized spacial score (nSPS) is 10.9. The predicted octanol–water partition coefficient (Wildman–Crippen LogP) is 3.42. The molecular formula is C13H15F2N3. The lowest BCUT2D eigenvalue weighted by Gasteiger charge is -2.04. The third-order valence-electron chi connectivity index (χ3n) is 2.44. The van der Waals surface area contributed by atoms with E-state index in [2.05, 4.69) is 29.4 Å². The van der Waals surface area contributed by atoms with Gasteiger partial charge in [-0.05, 0) is 18.1 Å². The van der Waals surface area contributed by atoms with Crippen LogP contribution in [0, 0.1) is 17.6 Å². The number of rotatable bonds is 4. The van der Waals surface area contributed by atoms with Crippen LogP contribution in [0.2, 0.25) is 0 Å². The van der Waals surface area contributed by atoms with Gasteiger partial charge in [0.05, 0.1) is 5.69 Å². The van der Waals surface area contributed by atoms with Gasteiger partial charge in [-0.15, -0.1) is 0 Å². The van der Waals surface area contributed by atoms with Gasteiger partial charge >= 0.3 is 0 Å². The second kappa shape index (κ2) is 5.16. The van der Waals surface area contributed by atoms with Crippen molar-refractivity contribution in [2.24, 2.45) is 5.92 Å². The van der Waals surface area contributed by atoms with E-state index in [0.717, 1.165) is 12.6 Å². The summed E-state index contributed by atoms with van der Waals surface area (Å²) in [6.07, 6.45) is 0. The van der Waals surface area contributed by atoms with Crippen molar-refractivity contribution >= 4 is 5.82 Å². The van der Waals surface area contributed by atoms with E-state index in [1.165, 1.54) is 12.1 Å². The van der Waals surface area contributed by atoms with Crippen molar-refractivity contribution < 1.29 is 8.78 Å². The maximum Gasteiger partial charge on any atom is 0.148 e. The summed E-state index contributed by atoms with van der Waals surface area (Å²) in [6.45, 7) is 4.97. The Kier molecular flexibility index (Phi) is 3.60. The maximum atomic E-state index is 13.1. The summed E-state index contributed by atoms with van der Waals surface area (Å²) in [4.78, 5) is 0. The Morgan fingerprint density at radius 2 is 1.83 bits per heavy atom. The lowest BCUT2D eigenvalue weighted by molar-refractivity contribution is 0.584. The molecule has 0 bridgehead atoms. The number of hydrogen-bond acceptors (Lipinski definition) is 2. The third-order valence-corrected chi connectivity index (χ3v) is 2.44. The van der Waals surface area contributed by atoms with Gasteiger partial charge in [0.25, 0.3) is 0 Å². The minimum absolute atomic E-state index is 0.442. The highest BCUT2D eigenvalue weighted by Gasteiger charge is 2.07. The predicted molar refractivity (Wildman–Crippen MR) is 67.3 cm³/mol. The third kappa shape index (κ3) is 3.06. The van der Waals surface area contributed by atoms with Crippen LogP contribution in [0.1, 0.15) is 13.8 Å². The molecule has 0 unspecified atom stereocenters. The first kappa shape index (κ1) is 12.5. The molecule has 0 aliphatic carbocycles. The molecule has 18 heavy (non-hydrogen) atoms.